The fraction of sp³-hybridized carbons (Fsp3) is 0.217. The molecule has 5 rings (SSSR count). The smallest absolute Gasteiger partial charge is 0.252 e. The third-order valence-corrected chi connectivity index (χ3v) is 5.83. The summed E-state index contributed by atoms with van der Waals surface area (Å²) in [6, 6.07) is 14.4. The predicted octanol–water partition coefficient (Wildman–Crippen LogP) is 4.61. The van der Waals surface area contributed by atoms with Crippen LogP contribution in [0.1, 0.15) is 46.3 Å². The van der Waals surface area contributed by atoms with Gasteiger partial charge in [-0.15, -0.1) is 0 Å². The van der Waals surface area contributed by atoms with E-state index in [4.69, 9.17) is 0 Å². The van der Waals surface area contributed by atoms with E-state index in [-0.39, 0.29) is 11.4 Å². The minimum absolute atomic E-state index is 0.0137. The Balaban J connectivity index is 1.56. The van der Waals surface area contributed by atoms with Gasteiger partial charge in [-0.2, -0.15) is 0 Å². The molecule has 3 aromatic rings. The molecule has 0 unspecified atom stereocenters. The molecule has 1 aromatic heterocycles. The number of aromatic nitrogens is 1. The summed E-state index contributed by atoms with van der Waals surface area (Å²) >= 11 is 0. The molecule has 2 aliphatic rings. The molecular weight excluding hydrogens is 320 g/mol. The van der Waals surface area contributed by atoms with Crippen LogP contribution in [0.3, 0.4) is 0 Å². The summed E-state index contributed by atoms with van der Waals surface area (Å²) in [5.41, 5.74) is 4.01. The van der Waals surface area contributed by atoms with Crippen molar-refractivity contribution in [1.29, 1.82) is 0 Å². The van der Waals surface area contributed by atoms with Gasteiger partial charge in [-0.25, -0.2) is 0 Å². The first-order valence-corrected chi connectivity index (χ1v) is 9.21. The minimum Gasteiger partial charge on any atom is -0.343 e. The van der Waals surface area contributed by atoms with Crippen molar-refractivity contribution in [3.05, 3.63) is 83.2 Å². The van der Waals surface area contributed by atoms with E-state index in [0.29, 0.717) is 0 Å². The number of allylic oxidation sites excluding steroid dienone is 1. The van der Waals surface area contributed by atoms with Crippen LogP contribution in [0.2, 0.25) is 0 Å². The van der Waals surface area contributed by atoms with E-state index in [1.165, 1.54) is 16.3 Å². The van der Waals surface area contributed by atoms with E-state index in [1.54, 1.807) is 12.4 Å². The zero-order chi connectivity index (χ0) is 17.6. The lowest BCUT2D eigenvalue weighted by Gasteiger charge is -2.43. The molecule has 1 amide bonds. The van der Waals surface area contributed by atoms with Crippen molar-refractivity contribution in [2.24, 2.45) is 0 Å². The zero-order valence-corrected chi connectivity index (χ0v) is 14.5. The van der Waals surface area contributed by atoms with Gasteiger partial charge in [0.15, 0.2) is 0 Å². The Kier molecular flexibility index (Phi) is 3.42. The van der Waals surface area contributed by atoms with Crippen LogP contribution in [0, 0.1) is 0 Å². The van der Waals surface area contributed by atoms with Crippen molar-refractivity contribution in [2.75, 3.05) is 0 Å². The second-order valence-electron chi connectivity index (χ2n) is 7.27. The maximum absolute atomic E-state index is 13.2. The number of nitrogens with zero attached hydrogens (tertiary/aromatic N) is 1. The molecule has 2 aliphatic carbocycles. The maximum atomic E-state index is 13.2. The van der Waals surface area contributed by atoms with Gasteiger partial charge < -0.3 is 5.32 Å². The number of carbonyl (C=O) groups excluding carboxylic acids is 1. The molecule has 2 aromatic carbocycles. The first-order chi connectivity index (χ1) is 12.8. The van der Waals surface area contributed by atoms with Crippen LogP contribution in [-0.4, -0.2) is 10.9 Å². The molecule has 128 valence electrons. The molecule has 0 bridgehead atoms. The fourth-order valence-corrected chi connectivity index (χ4v) is 4.30. The van der Waals surface area contributed by atoms with Crippen LogP contribution in [0.25, 0.3) is 16.8 Å². The number of pyridine rings is 1. The van der Waals surface area contributed by atoms with E-state index < -0.39 is 0 Å². The number of rotatable bonds is 3. The van der Waals surface area contributed by atoms with Crippen molar-refractivity contribution < 1.29 is 4.79 Å². The van der Waals surface area contributed by atoms with Crippen LogP contribution in [-0.2, 0) is 12.0 Å². The molecule has 0 spiro atoms. The van der Waals surface area contributed by atoms with Crippen molar-refractivity contribution in [1.82, 2.24) is 10.3 Å². The molecule has 1 heterocycles. The van der Waals surface area contributed by atoms with Gasteiger partial charge in [-0.3, -0.25) is 9.78 Å². The molecule has 1 saturated carbocycles. The van der Waals surface area contributed by atoms with E-state index >= 15 is 0 Å². The van der Waals surface area contributed by atoms with Gasteiger partial charge in [0.05, 0.1) is 5.54 Å². The van der Waals surface area contributed by atoms with Crippen LogP contribution in [0.4, 0.5) is 0 Å². The largest absolute Gasteiger partial charge is 0.343 e. The van der Waals surface area contributed by atoms with E-state index in [2.05, 4.69) is 46.7 Å². The highest BCUT2D eigenvalue weighted by molar-refractivity contribution is 6.07. The fourth-order valence-electron chi connectivity index (χ4n) is 4.30. The predicted molar refractivity (Wildman–Crippen MR) is 104 cm³/mol. The summed E-state index contributed by atoms with van der Waals surface area (Å²) in [5.74, 6) is 0.0137. The summed E-state index contributed by atoms with van der Waals surface area (Å²) < 4.78 is 0. The maximum Gasteiger partial charge on any atom is 0.252 e. The Morgan fingerprint density at radius 3 is 2.65 bits per heavy atom. The average molecular weight is 340 g/mol. The third-order valence-electron chi connectivity index (χ3n) is 5.83. The SMILES string of the molecule is O=C(NC1(c2ccncc2)CCC1)c1ccc2cccc3c2c1C=CC3. The van der Waals surface area contributed by atoms with Crippen molar-refractivity contribution in [2.45, 2.75) is 31.2 Å². The van der Waals surface area contributed by atoms with Gasteiger partial charge in [0, 0.05) is 18.0 Å². The molecule has 1 fully saturated rings. The second-order valence-corrected chi connectivity index (χ2v) is 7.27. The van der Waals surface area contributed by atoms with Crippen molar-refractivity contribution in [3.63, 3.8) is 0 Å². The van der Waals surface area contributed by atoms with E-state index in [0.717, 1.165) is 42.4 Å². The van der Waals surface area contributed by atoms with Gasteiger partial charge in [0.25, 0.3) is 5.91 Å². The molecule has 0 radical (unpaired) electrons. The topological polar surface area (TPSA) is 42.0 Å². The summed E-state index contributed by atoms with van der Waals surface area (Å²) in [6.07, 6.45) is 11.9. The highest BCUT2D eigenvalue weighted by atomic mass is 16.1. The number of carbonyl (C=O) groups is 1. The first-order valence-electron chi connectivity index (χ1n) is 9.21. The van der Waals surface area contributed by atoms with Crippen LogP contribution >= 0.6 is 0 Å². The molecule has 3 nitrogen and oxygen atoms in total. The second kappa shape index (κ2) is 5.80. The van der Waals surface area contributed by atoms with Gasteiger partial charge in [-0.1, -0.05) is 36.4 Å². The van der Waals surface area contributed by atoms with Crippen LogP contribution in [0.15, 0.2) is 60.9 Å². The van der Waals surface area contributed by atoms with Gasteiger partial charge in [0.2, 0.25) is 0 Å². The van der Waals surface area contributed by atoms with Crippen molar-refractivity contribution in [3.8, 4) is 0 Å². The monoisotopic (exact) mass is 340 g/mol. The molecule has 1 N–H and O–H groups in total. The van der Waals surface area contributed by atoms with Crippen LogP contribution in [0.5, 0.6) is 0 Å². The zero-order valence-electron chi connectivity index (χ0n) is 14.5. The summed E-state index contributed by atoms with van der Waals surface area (Å²) in [4.78, 5) is 17.3. The highest BCUT2D eigenvalue weighted by Crippen LogP contribution is 2.41. The third kappa shape index (κ3) is 2.27. The van der Waals surface area contributed by atoms with Gasteiger partial charge in [-0.05, 0) is 71.3 Å². The Morgan fingerprint density at radius 1 is 1.04 bits per heavy atom. The first kappa shape index (κ1) is 15.3. The number of amides is 1. The molecule has 3 heteroatoms. The molecule has 0 saturated heterocycles. The summed E-state index contributed by atoms with van der Waals surface area (Å²) in [6.45, 7) is 0. The quantitative estimate of drug-likeness (QED) is 0.756. The highest BCUT2D eigenvalue weighted by Gasteiger charge is 2.40. The lowest BCUT2D eigenvalue weighted by molar-refractivity contribution is 0.0823. The number of hydrogen-bond donors (Lipinski definition) is 1. The normalized spacial score (nSPS) is 16.9. The Labute approximate surface area is 152 Å². The standard InChI is InChI=1S/C23H20N2O/c26-22(25-23(12-3-13-23)18-10-14-24-15-11-18)20-9-8-17-5-1-4-16-6-2-7-19(20)21(16)17/h1-2,4-5,7-11,14-15H,3,6,12-13H2,(H,25,26). The Bertz CT molecular complexity index is 1030. The molecule has 0 aliphatic heterocycles. The lowest BCUT2D eigenvalue weighted by Crippen LogP contribution is -2.50. The number of hydrogen-bond acceptors (Lipinski definition) is 2. The molecular formula is C23H20N2O. The van der Waals surface area contributed by atoms with Gasteiger partial charge in [0.1, 0.15) is 0 Å². The number of nitrogens with one attached hydrogen (secondary N) is 1. The summed E-state index contributed by atoms with van der Waals surface area (Å²) in [5, 5.41) is 5.76. The lowest BCUT2D eigenvalue weighted by atomic mass is 9.72. The molecule has 26 heavy (non-hydrogen) atoms. The van der Waals surface area contributed by atoms with Crippen molar-refractivity contribution >= 4 is 22.8 Å². The van der Waals surface area contributed by atoms with E-state index in [9.17, 15) is 4.79 Å². The summed E-state index contributed by atoms with van der Waals surface area (Å²) in [7, 11) is 0. The average Bonchev–Trinajstić information content (AvgIpc) is 2.66. The Morgan fingerprint density at radius 2 is 1.88 bits per heavy atom. The minimum atomic E-state index is -0.250. The molecule has 0 atom stereocenters. The van der Waals surface area contributed by atoms with Gasteiger partial charge >= 0.3 is 0 Å². The Hall–Kier alpha value is -2.94. The number of benzene rings is 2. The van der Waals surface area contributed by atoms with E-state index in [1.807, 2.05) is 18.2 Å². The van der Waals surface area contributed by atoms with Crippen LogP contribution < -0.4 is 5.32 Å².